The molecule has 0 saturated carbocycles. The first kappa shape index (κ1) is 18.8. The molecular weight excluding hydrogens is 324 g/mol. The summed E-state index contributed by atoms with van der Waals surface area (Å²) in [5.41, 5.74) is 1.01. The zero-order chi connectivity index (χ0) is 17.8. The van der Waals surface area contributed by atoms with E-state index in [9.17, 15) is 13.2 Å². The monoisotopic (exact) mass is 352 g/mol. The number of rotatable bonds is 7. The Morgan fingerprint density at radius 3 is 2.42 bits per heavy atom. The third-order valence-electron chi connectivity index (χ3n) is 4.58. The van der Waals surface area contributed by atoms with Gasteiger partial charge in [-0.1, -0.05) is 13.3 Å². The van der Waals surface area contributed by atoms with Crippen LogP contribution in [0.1, 0.15) is 50.4 Å². The SMILES string of the molecule is CCCCN(CC)c1ccc(C(=O)NC2(C)CCS(=O)(=O)C2)cc1. The van der Waals surface area contributed by atoms with Gasteiger partial charge in [0.15, 0.2) is 9.84 Å². The molecule has 1 N–H and O–H groups in total. The number of hydrogen-bond acceptors (Lipinski definition) is 4. The summed E-state index contributed by atoms with van der Waals surface area (Å²) in [6.45, 7) is 8.03. The van der Waals surface area contributed by atoms with Gasteiger partial charge in [-0.2, -0.15) is 0 Å². The normalized spacial score (nSPS) is 22.3. The predicted molar refractivity (Wildman–Crippen MR) is 98.4 cm³/mol. The molecule has 24 heavy (non-hydrogen) atoms. The van der Waals surface area contributed by atoms with Crippen LogP contribution in [0.4, 0.5) is 5.69 Å². The molecule has 1 aliphatic heterocycles. The summed E-state index contributed by atoms with van der Waals surface area (Å²) in [6, 6.07) is 7.54. The van der Waals surface area contributed by atoms with Gasteiger partial charge in [0.2, 0.25) is 0 Å². The zero-order valence-corrected chi connectivity index (χ0v) is 15.7. The van der Waals surface area contributed by atoms with E-state index in [1.807, 2.05) is 24.3 Å². The predicted octanol–water partition coefficient (Wildman–Crippen LogP) is 2.62. The van der Waals surface area contributed by atoms with E-state index >= 15 is 0 Å². The van der Waals surface area contributed by atoms with Crippen molar-refractivity contribution in [1.82, 2.24) is 5.32 Å². The van der Waals surface area contributed by atoms with Crippen molar-refractivity contribution >= 4 is 21.4 Å². The van der Waals surface area contributed by atoms with E-state index in [0.29, 0.717) is 12.0 Å². The summed E-state index contributed by atoms with van der Waals surface area (Å²) in [7, 11) is -3.03. The smallest absolute Gasteiger partial charge is 0.251 e. The number of nitrogens with one attached hydrogen (secondary N) is 1. The molecule has 1 aromatic rings. The summed E-state index contributed by atoms with van der Waals surface area (Å²) in [5, 5.41) is 2.89. The van der Waals surface area contributed by atoms with Crippen molar-refractivity contribution in [3.63, 3.8) is 0 Å². The van der Waals surface area contributed by atoms with Crippen molar-refractivity contribution < 1.29 is 13.2 Å². The van der Waals surface area contributed by atoms with Gasteiger partial charge in [0.25, 0.3) is 5.91 Å². The molecule has 134 valence electrons. The standard InChI is InChI=1S/C18H28N2O3S/c1-4-6-12-20(5-2)16-9-7-15(8-10-16)17(21)19-18(3)11-13-24(22,23)14-18/h7-10H,4-6,11-14H2,1-3H3,(H,19,21). The summed E-state index contributed by atoms with van der Waals surface area (Å²) < 4.78 is 23.3. The molecule has 1 aromatic carbocycles. The number of unbranched alkanes of at least 4 members (excludes halogenated alkanes) is 1. The number of benzene rings is 1. The second kappa shape index (κ2) is 7.55. The first-order chi connectivity index (χ1) is 11.3. The van der Waals surface area contributed by atoms with Gasteiger partial charge in [-0.25, -0.2) is 8.42 Å². The fourth-order valence-electron chi connectivity index (χ4n) is 3.10. The van der Waals surface area contributed by atoms with Gasteiger partial charge in [0.1, 0.15) is 0 Å². The molecule has 1 fully saturated rings. The van der Waals surface area contributed by atoms with Crippen LogP contribution >= 0.6 is 0 Å². The van der Waals surface area contributed by atoms with Crippen LogP contribution in [-0.4, -0.2) is 44.5 Å². The fraction of sp³-hybridized carbons (Fsp3) is 0.611. The van der Waals surface area contributed by atoms with E-state index < -0.39 is 15.4 Å². The Bertz CT molecular complexity index is 670. The summed E-state index contributed by atoms with van der Waals surface area (Å²) in [6.07, 6.45) is 2.77. The largest absolute Gasteiger partial charge is 0.372 e. The number of nitrogens with zero attached hydrogens (tertiary/aromatic N) is 1. The highest BCUT2D eigenvalue weighted by molar-refractivity contribution is 7.91. The minimum Gasteiger partial charge on any atom is -0.372 e. The molecule has 1 aliphatic rings. The van der Waals surface area contributed by atoms with Crippen molar-refractivity contribution in [2.75, 3.05) is 29.5 Å². The highest BCUT2D eigenvalue weighted by Crippen LogP contribution is 2.23. The summed E-state index contributed by atoms with van der Waals surface area (Å²) in [4.78, 5) is 14.7. The van der Waals surface area contributed by atoms with Crippen molar-refractivity contribution in [2.45, 2.75) is 45.6 Å². The van der Waals surface area contributed by atoms with Crippen LogP contribution in [-0.2, 0) is 9.84 Å². The topological polar surface area (TPSA) is 66.5 Å². The Hall–Kier alpha value is -1.56. The quantitative estimate of drug-likeness (QED) is 0.819. The average Bonchev–Trinajstić information content (AvgIpc) is 2.81. The maximum atomic E-state index is 12.4. The number of hydrogen-bond donors (Lipinski definition) is 1. The lowest BCUT2D eigenvalue weighted by molar-refractivity contribution is 0.0915. The first-order valence-corrected chi connectivity index (χ1v) is 10.5. The van der Waals surface area contributed by atoms with E-state index in [0.717, 1.165) is 31.6 Å². The van der Waals surface area contributed by atoms with Crippen LogP contribution in [0.5, 0.6) is 0 Å². The van der Waals surface area contributed by atoms with Crippen molar-refractivity contribution in [2.24, 2.45) is 0 Å². The number of carbonyl (C=O) groups excluding carboxylic acids is 1. The Morgan fingerprint density at radius 2 is 1.92 bits per heavy atom. The second-order valence-electron chi connectivity index (χ2n) is 6.84. The molecule has 1 heterocycles. The molecule has 6 heteroatoms. The third kappa shape index (κ3) is 4.72. The van der Waals surface area contributed by atoms with Gasteiger partial charge in [-0.15, -0.1) is 0 Å². The molecular formula is C18H28N2O3S. The van der Waals surface area contributed by atoms with E-state index in [2.05, 4.69) is 24.1 Å². The maximum absolute atomic E-state index is 12.4. The van der Waals surface area contributed by atoms with E-state index in [1.54, 1.807) is 6.92 Å². The highest BCUT2D eigenvalue weighted by Gasteiger charge is 2.39. The van der Waals surface area contributed by atoms with E-state index in [4.69, 9.17) is 0 Å². The van der Waals surface area contributed by atoms with Gasteiger partial charge in [0.05, 0.1) is 17.0 Å². The van der Waals surface area contributed by atoms with Crippen LogP contribution in [0.25, 0.3) is 0 Å². The van der Waals surface area contributed by atoms with Gasteiger partial charge >= 0.3 is 0 Å². The first-order valence-electron chi connectivity index (χ1n) is 8.66. The molecule has 0 bridgehead atoms. The lowest BCUT2D eigenvalue weighted by Crippen LogP contribution is -2.46. The Morgan fingerprint density at radius 1 is 1.25 bits per heavy atom. The summed E-state index contributed by atoms with van der Waals surface area (Å²) >= 11 is 0. The number of carbonyl (C=O) groups is 1. The minimum atomic E-state index is -3.03. The van der Waals surface area contributed by atoms with Crippen LogP contribution in [0, 0.1) is 0 Å². The molecule has 1 unspecified atom stereocenters. The van der Waals surface area contributed by atoms with Gasteiger partial charge < -0.3 is 10.2 Å². The Labute approximate surface area is 145 Å². The van der Waals surface area contributed by atoms with Crippen LogP contribution in [0.15, 0.2) is 24.3 Å². The van der Waals surface area contributed by atoms with Gasteiger partial charge in [-0.05, 0) is 51.0 Å². The summed E-state index contributed by atoms with van der Waals surface area (Å²) in [5.74, 6) is -0.0477. The maximum Gasteiger partial charge on any atom is 0.251 e. The lowest BCUT2D eigenvalue weighted by Gasteiger charge is -2.25. The number of anilines is 1. The van der Waals surface area contributed by atoms with E-state index in [-0.39, 0.29) is 17.4 Å². The van der Waals surface area contributed by atoms with Crippen molar-refractivity contribution in [3.05, 3.63) is 29.8 Å². The molecule has 0 radical (unpaired) electrons. The molecule has 5 nitrogen and oxygen atoms in total. The van der Waals surface area contributed by atoms with Crippen molar-refractivity contribution in [3.8, 4) is 0 Å². The molecule has 0 aliphatic carbocycles. The second-order valence-corrected chi connectivity index (χ2v) is 9.02. The van der Waals surface area contributed by atoms with Crippen molar-refractivity contribution in [1.29, 1.82) is 0 Å². The molecule has 0 aromatic heterocycles. The van der Waals surface area contributed by atoms with Crippen LogP contribution in [0.2, 0.25) is 0 Å². The molecule has 2 rings (SSSR count). The lowest BCUT2D eigenvalue weighted by atomic mass is 10.0. The third-order valence-corrected chi connectivity index (χ3v) is 6.48. The zero-order valence-electron chi connectivity index (χ0n) is 14.8. The average molecular weight is 353 g/mol. The fourth-order valence-corrected chi connectivity index (χ4v) is 5.19. The number of amides is 1. The van der Waals surface area contributed by atoms with Gasteiger partial charge in [-0.3, -0.25) is 4.79 Å². The molecule has 1 amide bonds. The minimum absolute atomic E-state index is 0.0183. The van der Waals surface area contributed by atoms with Crippen LogP contribution < -0.4 is 10.2 Å². The number of sulfone groups is 1. The van der Waals surface area contributed by atoms with E-state index in [1.165, 1.54) is 0 Å². The Kier molecular flexibility index (Phi) is 5.91. The van der Waals surface area contributed by atoms with Gasteiger partial charge in [0, 0.05) is 24.3 Å². The molecule has 0 spiro atoms. The highest BCUT2D eigenvalue weighted by atomic mass is 32.2. The molecule has 1 saturated heterocycles. The van der Waals surface area contributed by atoms with Crippen LogP contribution in [0.3, 0.4) is 0 Å². The molecule has 1 atom stereocenters. The Balaban J connectivity index is 2.03.